The molecule has 0 radical (unpaired) electrons. The summed E-state index contributed by atoms with van der Waals surface area (Å²) in [6, 6.07) is 13.7. The third-order valence-corrected chi connectivity index (χ3v) is 5.56. The number of hydrogen-bond donors (Lipinski definition) is 0. The predicted molar refractivity (Wildman–Crippen MR) is 112 cm³/mol. The number of methoxy groups -OCH3 is 1. The Morgan fingerprint density at radius 2 is 1.96 bits per heavy atom. The number of aryl methyl sites for hydroxylation is 1. The third kappa shape index (κ3) is 4.02. The van der Waals surface area contributed by atoms with Crippen molar-refractivity contribution >= 4 is 50.5 Å². The smallest absolute Gasteiger partial charge is 0.266 e. The first-order valence-electron chi connectivity index (χ1n) is 8.22. The zero-order valence-electron chi connectivity index (χ0n) is 14.8. The van der Waals surface area contributed by atoms with E-state index in [1.165, 1.54) is 17.3 Å². The van der Waals surface area contributed by atoms with Gasteiger partial charge in [0.1, 0.15) is 5.75 Å². The molecule has 0 unspecified atom stereocenters. The van der Waals surface area contributed by atoms with Gasteiger partial charge in [0.2, 0.25) is 0 Å². The van der Waals surface area contributed by atoms with E-state index in [1.54, 1.807) is 12.0 Å². The van der Waals surface area contributed by atoms with Crippen molar-refractivity contribution in [3.63, 3.8) is 0 Å². The molecule has 0 aromatic heterocycles. The molecule has 1 amide bonds. The van der Waals surface area contributed by atoms with Crippen LogP contribution >= 0.6 is 27.7 Å². The molecular formula is C20H19BrN2O2S. The van der Waals surface area contributed by atoms with E-state index in [9.17, 15) is 4.79 Å². The lowest BCUT2D eigenvalue weighted by Crippen LogP contribution is -2.28. The Balaban J connectivity index is 1.91. The zero-order chi connectivity index (χ0) is 18.7. The van der Waals surface area contributed by atoms with Crippen LogP contribution in [0.5, 0.6) is 5.75 Å². The number of likely N-dealkylation sites (N-methyl/N-ethyl adjacent to an activating group) is 1. The van der Waals surface area contributed by atoms with E-state index in [0.717, 1.165) is 21.5 Å². The average Bonchev–Trinajstić information content (AvgIpc) is 2.91. The molecule has 6 heteroatoms. The van der Waals surface area contributed by atoms with Crippen LogP contribution in [-0.4, -0.2) is 29.6 Å². The van der Waals surface area contributed by atoms with Gasteiger partial charge in [0, 0.05) is 6.54 Å². The number of rotatable bonds is 4. The maximum atomic E-state index is 12.7. The molecule has 1 aliphatic heterocycles. The van der Waals surface area contributed by atoms with Gasteiger partial charge in [0.15, 0.2) is 5.17 Å². The molecular weight excluding hydrogens is 412 g/mol. The Hall–Kier alpha value is -2.05. The van der Waals surface area contributed by atoms with Crippen molar-refractivity contribution in [1.82, 2.24) is 4.90 Å². The number of halogens is 1. The second kappa shape index (κ2) is 8.10. The molecule has 0 atom stereocenters. The fourth-order valence-electron chi connectivity index (χ4n) is 2.52. The fraction of sp³-hybridized carbons (Fsp3) is 0.200. The number of amides is 1. The van der Waals surface area contributed by atoms with E-state index in [1.807, 2.05) is 62.4 Å². The molecule has 1 aliphatic rings. The van der Waals surface area contributed by atoms with Crippen molar-refractivity contribution in [3.05, 3.63) is 63.0 Å². The largest absolute Gasteiger partial charge is 0.496 e. The van der Waals surface area contributed by atoms with Gasteiger partial charge in [-0.05, 0) is 77.4 Å². The summed E-state index contributed by atoms with van der Waals surface area (Å²) in [5, 5.41) is 0.709. The molecule has 2 aromatic carbocycles. The van der Waals surface area contributed by atoms with Crippen molar-refractivity contribution in [2.24, 2.45) is 4.99 Å². The van der Waals surface area contributed by atoms with E-state index in [2.05, 4.69) is 20.9 Å². The average molecular weight is 431 g/mol. The van der Waals surface area contributed by atoms with Crippen LogP contribution in [-0.2, 0) is 4.79 Å². The van der Waals surface area contributed by atoms with Gasteiger partial charge in [0.25, 0.3) is 5.91 Å². The number of carbonyl (C=O) groups is 1. The molecule has 0 spiro atoms. The van der Waals surface area contributed by atoms with Crippen LogP contribution < -0.4 is 4.74 Å². The molecule has 1 heterocycles. The van der Waals surface area contributed by atoms with E-state index < -0.39 is 0 Å². The fourth-order valence-corrected chi connectivity index (χ4v) is 4.14. The number of thioether (sulfide) groups is 1. The van der Waals surface area contributed by atoms with Crippen molar-refractivity contribution < 1.29 is 9.53 Å². The molecule has 1 saturated heterocycles. The number of aliphatic imine (C=N–C) groups is 1. The van der Waals surface area contributed by atoms with Crippen molar-refractivity contribution in [2.45, 2.75) is 13.8 Å². The maximum absolute atomic E-state index is 12.7. The van der Waals surface area contributed by atoms with E-state index >= 15 is 0 Å². The normalized spacial score (nSPS) is 17.4. The lowest BCUT2D eigenvalue weighted by molar-refractivity contribution is -0.122. The van der Waals surface area contributed by atoms with Crippen molar-refractivity contribution in [3.8, 4) is 5.75 Å². The summed E-state index contributed by atoms with van der Waals surface area (Å²) in [7, 11) is 1.63. The number of hydrogen-bond acceptors (Lipinski definition) is 4. The Bertz CT molecular complexity index is 891. The van der Waals surface area contributed by atoms with Gasteiger partial charge < -0.3 is 4.74 Å². The first-order valence-corrected chi connectivity index (χ1v) is 9.83. The lowest BCUT2D eigenvalue weighted by atomic mass is 10.2. The highest BCUT2D eigenvalue weighted by molar-refractivity contribution is 9.10. The maximum Gasteiger partial charge on any atom is 0.266 e. The van der Waals surface area contributed by atoms with Crippen molar-refractivity contribution in [1.29, 1.82) is 0 Å². The second-order valence-corrected chi connectivity index (χ2v) is 7.65. The highest BCUT2D eigenvalue weighted by Crippen LogP contribution is 2.35. The SMILES string of the molecule is CCN1C(=O)/C(=C\c2ccc(OC)c(Br)c2)SC1=Nc1ccc(C)cc1. The summed E-state index contributed by atoms with van der Waals surface area (Å²) < 4.78 is 6.10. The summed E-state index contributed by atoms with van der Waals surface area (Å²) in [6.45, 7) is 4.58. The summed E-state index contributed by atoms with van der Waals surface area (Å²) in [6.07, 6.45) is 1.89. The topological polar surface area (TPSA) is 41.9 Å². The molecule has 0 N–H and O–H groups in total. The molecule has 0 saturated carbocycles. The number of carbonyl (C=O) groups excluding carboxylic acids is 1. The Labute approximate surface area is 166 Å². The quantitative estimate of drug-likeness (QED) is 0.610. The van der Waals surface area contributed by atoms with Gasteiger partial charge in [-0.25, -0.2) is 4.99 Å². The molecule has 2 aromatic rings. The highest BCUT2D eigenvalue weighted by atomic mass is 79.9. The monoisotopic (exact) mass is 430 g/mol. The number of benzene rings is 2. The molecule has 0 bridgehead atoms. The Morgan fingerprint density at radius 3 is 2.58 bits per heavy atom. The highest BCUT2D eigenvalue weighted by Gasteiger charge is 2.32. The Kier molecular flexibility index (Phi) is 5.84. The molecule has 1 fully saturated rings. The van der Waals surface area contributed by atoms with Crippen LogP contribution in [0.1, 0.15) is 18.1 Å². The van der Waals surface area contributed by atoms with E-state index in [-0.39, 0.29) is 5.91 Å². The number of amidine groups is 1. The van der Waals surface area contributed by atoms with Crippen LogP contribution in [0.2, 0.25) is 0 Å². The van der Waals surface area contributed by atoms with Crippen LogP contribution in [0, 0.1) is 6.92 Å². The van der Waals surface area contributed by atoms with Crippen LogP contribution in [0.15, 0.2) is 56.8 Å². The van der Waals surface area contributed by atoms with Gasteiger partial charge in [-0.1, -0.05) is 23.8 Å². The van der Waals surface area contributed by atoms with Gasteiger partial charge in [0.05, 0.1) is 22.2 Å². The predicted octanol–water partition coefficient (Wildman–Crippen LogP) is 5.39. The van der Waals surface area contributed by atoms with E-state index in [0.29, 0.717) is 16.6 Å². The van der Waals surface area contributed by atoms with Crippen LogP contribution in [0.4, 0.5) is 5.69 Å². The minimum Gasteiger partial charge on any atom is -0.496 e. The number of nitrogens with zero attached hydrogens (tertiary/aromatic N) is 2. The first-order chi connectivity index (χ1) is 12.5. The van der Waals surface area contributed by atoms with Crippen LogP contribution in [0.3, 0.4) is 0 Å². The van der Waals surface area contributed by atoms with Gasteiger partial charge in [-0.3, -0.25) is 9.69 Å². The summed E-state index contributed by atoms with van der Waals surface area (Å²) in [4.78, 5) is 19.7. The minimum atomic E-state index is -0.0182. The summed E-state index contributed by atoms with van der Waals surface area (Å²) >= 11 is 4.88. The molecule has 26 heavy (non-hydrogen) atoms. The van der Waals surface area contributed by atoms with Crippen LogP contribution in [0.25, 0.3) is 6.08 Å². The zero-order valence-corrected chi connectivity index (χ0v) is 17.2. The summed E-state index contributed by atoms with van der Waals surface area (Å²) in [5.74, 6) is 0.740. The van der Waals surface area contributed by atoms with Gasteiger partial charge in [-0.2, -0.15) is 0 Å². The minimum absolute atomic E-state index is 0.0182. The Morgan fingerprint density at radius 1 is 1.23 bits per heavy atom. The molecule has 134 valence electrons. The third-order valence-electron chi connectivity index (χ3n) is 3.94. The first kappa shape index (κ1) is 18.7. The van der Waals surface area contributed by atoms with Gasteiger partial charge in [-0.15, -0.1) is 0 Å². The standard InChI is InChI=1S/C20H19BrN2O2S/c1-4-23-19(24)18(12-14-7-10-17(25-3)16(21)11-14)26-20(23)22-15-8-5-13(2)6-9-15/h5-12H,4H2,1-3H3/b18-12+,22-20?. The molecule has 0 aliphatic carbocycles. The van der Waals surface area contributed by atoms with Crippen molar-refractivity contribution in [2.75, 3.05) is 13.7 Å². The second-order valence-electron chi connectivity index (χ2n) is 5.78. The lowest BCUT2D eigenvalue weighted by Gasteiger charge is -2.12. The molecule has 3 rings (SSSR count). The molecule has 4 nitrogen and oxygen atoms in total. The van der Waals surface area contributed by atoms with E-state index in [4.69, 9.17) is 4.74 Å². The van der Waals surface area contributed by atoms with Gasteiger partial charge >= 0.3 is 0 Å². The summed E-state index contributed by atoms with van der Waals surface area (Å²) in [5.41, 5.74) is 2.96. The number of ether oxygens (including phenoxy) is 1.